The molecule has 0 unspecified atom stereocenters. The van der Waals surface area contributed by atoms with Crippen LogP contribution in [-0.2, 0) is 14.6 Å². The summed E-state index contributed by atoms with van der Waals surface area (Å²) in [5.41, 5.74) is 3.18. The predicted octanol–water partition coefficient (Wildman–Crippen LogP) is 4.21. The van der Waals surface area contributed by atoms with Crippen molar-refractivity contribution in [3.63, 3.8) is 0 Å². The van der Waals surface area contributed by atoms with Gasteiger partial charge in [-0.05, 0) is 59.7 Å². The first-order chi connectivity index (χ1) is 17.2. The molecule has 0 atom stereocenters. The van der Waals surface area contributed by atoms with Crippen LogP contribution in [0.15, 0.2) is 71.6 Å². The van der Waals surface area contributed by atoms with Crippen LogP contribution in [0.1, 0.15) is 23.7 Å². The molecule has 7 nitrogen and oxygen atoms in total. The Balaban J connectivity index is 1.53. The van der Waals surface area contributed by atoms with Crippen molar-refractivity contribution in [2.45, 2.75) is 18.2 Å². The van der Waals surface area contributed by atoms with Crippen molar-refractivity contribution in [3.05, 3.63) is 78.1 Å². The Morgan fingerprint density at radius 1 is 0.917 bits per heavy atom. The quantitative estimate of drug-likeness (QED) is 0.538. The number of sulfone groups is 1. The molecule has 0 saturated carbocycles. The fraction of sp³-hybridized carbons (Fsp3) is 0.259. The SMILES string of the molecule is CCC(=O)Nc1ccc(N2CCN(C(=O)c3cc(S(C)(=O)=O)ccc3-c3ccc(F)cc3)CC2)cc1. The van der Waals surface area contributed by atoms with Crippen LogP contribution in [0.25, 0.3) is 11.1 Å². The molecule has 1 heterocycles. The molecule has 3 aromatic carbocycles. The number of benzene rings is 3. The lowest BCUT2D eigenvalue weighted by Crippen LogP contribution is -2.48. The Morgan fingerprint density at radius 2 is 1.56 bits per heavy atom. The molecule has 188 valence electrons. The van der Waals surface area contributed by atoms with Crippen LogP contribution in [-0.4, -0.2) is 57.6 Å². The van der Waals surface area contributed by atoms with Gasteiger partial charge in [0.2, 0.25) is 5.91 Å². The molecule has 3 aromatic rings. The summed E-state index contributed by atoms with van der Waals surface area (Å²) in [6.07, 6.45) is 1.51. The largest absolute Gasteiger partial charge is 0.368 e. The molecule has 2 amide bonds. The number of hydrogen-bond acceptors (Lipinski definition) is 5. The number of nitrogens with zero attached hydrogens (tertiary/aromatic N) is 2. The lowest BCUT2D eigenvalue weighted by Gasteiger charge is -2.36. The van der Waals surface area contributed by atoms with Gasteiger partial charge in [-0.15, -0.1) is 0 Å². The Morgan fingerprint density at radius 3 is 2.14 bits per heavy atom. The van der Waals surface area contributed by atoms with Gasteiger partial charge in [0.05, 0.1) is 4.90 Å². The standard InChI is InChI=1S/C27H28FN3O4S/c1-3-26(32)29-21-8-10-22(11-9-21)30-14-16-31(17-15-30)27(33)25-18-23(36(2,34)35)12-13-24(25)19-4-6-20(28)7-5-19/h4-13,18H,3,14-17H2,1-2H3,(H,29,32). The topological polar surface area (TPSA) is 86.8 Å². The molecule has 1 aliphatic heterocycles. The van der Waals surface area contributed by atoms with Gasteiger partial charge >= 0.3 is 0 Å². The van der Waals surface area contributed by atoms with Gasteiger partial charge in [0, 0.05) is 55.8 Å². The number of anilines is 2. The molecule has 0 aliphatic carbocycles. The molecule has 0 bridgehead atoms. The van der Waals surface area contributed by atoms with Crippen molar-refractivity contribution < 1.29 is 22.4 Å². The van der Waals surface area contributed by atoms with E-state index in [9.17, 15) is 22.4 Å². The van der Waals surface area contributed by atoms with Gasteiger partial charge in [-0.2, -0.15) is 0 Å². The van der Waals surface area contributed by atoms with E-state index in [1.807, 2.05) is 24.3 Å². The maximum absolute atomic E-state index is 13.6. The lowest BCUT2D eigenvalue weighted by molar-refractivity contribution is -0.115. The zero-order chi connectivity index (χ0) is 25.9. The van der Waals surface area contributed by atoms with Gasteiger partial charge in [0.25, 0.3) is 5.91 Å². The summed E-state index contributed by atoms with van der Waals surface area (Å²) in [4.78, 5) is 29.1. The first-order valence-corrected chi connectivity index (χ1v) is 13.6. The summed E-state index contributed by atoms with van der Waals surface area (Å²) in [7, 11) is -3.52. The van der Waals surface area contributed by atoms with Gasteiger partial charge in [0.15, 0.2) is 9.84 Å². The van der Waals surface area contributed by atoms with E-state index < -0.39 is 15.7 Å². The summed E-state index contributed by atoms with van der Waals surface area (Å²) in [5.74, 6) is -0.705. The molecular formula is C27H28FN3O4S. The normalized spacial score (nSPS) is 14.0. The number of piperazine rings is 1. The lowest BCUT2D eigenvalue weighted by atomic mass is 9.98. The number of carbonyl (C=O) groups is 2. The average molecular weight is 510 g/mol. The summed E-state index contributed by atoms with van der Waals surface area (Å²) < 4.78 is 37.8. The number of hydrogen-bond donors (Lipinski definition) is 1. The minimum atomic E-state index is -3.52. The molecule has 1 aliphatic rings. The van der Waals surface area contributed by atoms with Crippen molar-refractivity contribution in [3.8, 4) is 11.1 Å². The molecular weight excluding hydrogens is 481 g/mol. The average Bonchev–Trinajstić information content (AvgIpc) is 2.88. The van der Waals surface area contributed by atoms with Crippen LogP contribution in [0.4, 0.5) is 15.8 Å². The Bertz CT molecular complexity index is 1370. The van der Waals surface area contributed by atoms with Gasteiger partial charge < -0.3 is 15.1 Å². The van der Waals surface area contributed by atoms with Crippen LogP contribution in [0, 0.1) is 5.82 Å². The van der Waals surface area contributed by atoms with Crippen LogP contribution >= 0.6 is 0 Å². The monoisotopic (exact) mass is 509 g/mol. The third-order valence-electron chi connectivity index (χ3n) is 6.21. The molecule has 0 aromatic heterocycles. The van der Waals surface area contributed by atoms with E-state index in [0.717, 1.165) is 17.6 Å². The zero-order valence-electron chi connectivity index (χ0n) is 20.2. The second-order valence-electron chi connectivity index (χ2n) is 8.71. The highest BCUT2D eigenvalue weighted by molar-refractivity contribution is 7.90. The Labute approximate surface area is 210 Å². The number of amides is 2. The number of halogens is 1. The van der Waals surface area contributed by atoms with E-state index in [-0.39, 0.29) is 22.3 Å². The Hall–Kier alpha value is -3.72. The minimum absolute atomic E-state index is 0.0465. The molecule has 4 rings (SSSR count). The number of carbonyl (C=O) groups excluding carboxylic acids is 2. The van der Waals surface area contributed by atoms with Crippen molar-refractivity contribution in [2.24, 2.45) is 0 Å². The highest BCUT2D eigenvalue weighted by Gasteiger charge is 2.26. The van der Waals surface area contributed by atoms with Crippen LogP contribution in [0.5, 0.6) is 0 Å². The maximum atomic E-state index is 13.6. The van der Waals surface area contributed by atoms with Crippen molar-refractivity contribution >= 4 is 33.0 Å². The van der Waals surface area contributed by atoms with Gasteiger partial charge in [-0.1, -0.05) is 25.1 Å². The van der Waals surface area contributed by atoms with E-state index in [1.54, 1.807) is 30.0 Å². The highest BCUT2D eigenvalue weighted by Crippen LogP contribution is 2.29. The molecule has 1 N–H and O–H groups in total. The molecule has 1 saturated heterocycles. The van der Waals surface area contributed by atoms with E-state index in [4.69, 9.17) is 0 Å². The van der Waals surface area contributed by atoms with Crippen LogP contribution in [0.2, 0.25) is 0 Å². The molecule has 9 heteroatoms. The predicted molar refractivity (Wildman–Crippen MR) is 138 cm³/mol. The molecule has 0 spiro atoms. The number of nitrogens with one attached hydrogen (secondary N) is 1. The van der Waals surface area contributed by atoms with Crippen LogP contribution in [0.3, 0.4) is 0 Å². The van der Waals surface area contributed by atoms with Gasteiger partial charge in [0.1, 0.15) is 5.82 Å². The third-order valence-corrected chi connectivity index (χ3v) is 7.32. The molecule has 1 fully saturated rings. The summed E-state index contributed by atoms with van der Waals surface area (Å²) >= 11 is 0. The van der Waals surface area contributed by atoms with E-state index >= 15 is 0 Å². The second kappa shape index (κ2) is 10.5. The first kappa shape index (κ1) is 25.4. The molecule has 0 radical (unpaired) electrons. The highest BCUT2D eigenvalue weighted by atomic mass is 32.2. The fourth-order valence-corrected chi connectivity index (χ4v) is 4.80. The van der Waals surface area contributed by atoms with Crippen LogP contribution < -0.4 is 10.2 Å². The second-order valence-corrected chi connectivity index (χ2v) is 10.7. The zero-order valence-corrected chi connectivity index (χ0v) is 21.0. The summed E-state index contributed by atoms with van der Waals surface area (Å²) in [5, 5.41) is 2.82. The summed E-state index contributed by atoms with van der Waals surface area (Å²) in [6, 6.07) is 17.8. The van der Waals surface area contributed by atoms with E-state index in [0.29, 0.717) is 43.7 Å². The Kier molecular flexibility index (Phi) is 7.40. The minimum Gasteiger partial charge on any atom is -0.368 e. The van der Waals surface area contributed by atoms with Crippen molar-refractivity contribution in [2.75, 3.05) is 42.7 Å². The fourth-order valence-electron chi connectivity index (χ4n) is 4.16. The van der Waals surface area contributed by atoms with Crippen molar-refractivity contribution in [1.29, 1.82) is 0 Å². The molecule has 36 heavy (non-hydrogen) atoms. The van der Waals surface area contributed by atoms with E-state index in [1.165, 1.54) is 24.3 Å². The summed E-state index contributed by atoms with van der Waals surface area (Å²) in [6.45, 7) is 3.91. The van der Waals surface area contributed by atoms with E-state index in [2.05, 4.69) is 10.2 Å². The third kappa shape index (κ3) is 5.73. The van der Waals surface area contributed by atoms with Crippen molar-refractivity contribution in [1.82, 2.24) is 4.90 Å². The smallest absolute Gasteiger partial charge is 0.254 e. The maximum Gasteiger partial charge on any atom is 0.254 e. The van der Waals surface area contributed by atoms with Gasteiger partial charge in [-0.25, -0.2) is 12.8 Å². The first-order valence-electron chi connectivity index (χ1n) is 11.7. The number of rotatable bonds is 6. The van der Waals surface area contributed by atoms with Gasteiger partial charge in [-0.3, -0.25) is 9.59 Å².